The van der Waals surface area contributed by atoms with E-state index in [0.29, 0.717) is 40.6 Å². The van der Waals surface area contributed by atoms with E-state index in [2.05, 4.69) is 26.3 Å². The van der Waals surface area contributed by atoms with Gasteiger partial charge in [0.1, 0.15) is 18.1 Å². The fourth-order valence-electron chi connectivity index (χ4n) is 4.31. The van der Waals surface area contributed by atoms with Gasteiger partial charge in [-0.05, 0) is 46.7 Å². The summed E-state index contributed by atoms with van der Waals surface area (Å²) in [6, 6.07) is 11.3. The second-order valence-electron chi connectivity index (χ2n) is 8.09. The Bertz CT molecular complexity index is 1220. The first-order valence-corrected chi connectivity index (χ1v) is 11.2. The number of fused-ring (bicyclic) bond motifs is 1. The van der Waals surface area contributed by atoms with Gasteiger partial charge in [0.15, 0.2) is 5.60 Å². The number of ether oxygens (including phenoxy) is 1. The summed E-state index contributed by atoms with van der Waals surface area (Å²) in [6.45, 7) is 0.762. The molecule has 2 amide bonds. The molecule has 0 bridgehead atoms. The van der Waals surface area contributed by atoms with E-state index in [1.165, 1.54) is 16.0 Å². The van der Waals surface area contributed by atoms with Gasteiger partial charge in [0, 0.05) is 30.1 Å². The third kappa shape index (κ3) is 3.98. The summed E-state index contributed by atoms with van der Waals surface area (Å²) in [4.78, 5) is 26.6. The predicted molar refractivity (Wildman–Crippen MR) is 120 cm³/mol. The summed E-state index contributed by atoms with van der Waals surface area (Å²) < 4.78 is 7.06. The van der Waals surface area contributed by atoms with Crippen LogP contribution in [0.3, 0.4) is 0 Å². The molecule has 5 rings (SSSR count). The highest BCUT2D eigenvalue weighted by molar-refractivity contribution is 6.30. The largest absolute Gasteiger partial charge is 0.493 e. The number of tetrazole rings is 1. The maximum atomic E-state index is 13.5. The number of halogens is 1. The number of carbonyl (C=O) groups excluding carboxylic acids is 2. The Morgan fingerprint density at radius 1 is 1.29 bits per heavy atom. The molecule has 34 heavy (non-hydrogen) atoms. The van der Waals surface area contributed by atoms with Crippen molar-refractivity contribution in [3.63, 3.8) is 0 Å². The standard InChI is InChI=1S/C22H22ClN7O4/c23-15-5-6-17(29-13-25-27-28-29)14(11-15)12-24-20(31)18-7-9-26-30(18)21(32)22(33)8-10-34-19-4-2-1-3-16(19)22/h1-6,11,13,18,26,33H,7-10,12H2,(H,24,31)/t18-,22?/m0/s1. The maximum absolute atomic E-state index is 13.5. The number of amides is 2. The van der Waals surface area contributed by atoms with Crippen LogP contribution in [-0.4, -0.2) is 61.3 Å². The first kappa shape index (κ1) is 22.3. The first-order chi connectivity index (χ1) is 16.5. The smallest absolute Gasteiger partial charge is 0.274 e. The Morgan fingerprint density at radius 2 is 2.15 bits per heavy atom. The molecule has 1 unspecified atom stereocenters. The minimum atomic E-state index is -1.79. The van der Waals surface area contributed by atoms with Crippen LogP contribution in [-0.2, 0) is 21.7 Å². The summed E-state index contributed by atoms with van der Waals surface area (Å²) in [5.41, 5.74) is 2.93. The Hall–Kier alpha value is -3.54. The molecule has 1 saturated heterocycles. The summed E-state index contributed by atoms with van der Waals surface area (Å²) in [7, 11) is 0. The van der Waals surface area contributed by atoms with E-state index in [0.717, 1.165) is 0 Å². The van der Waals surface area contributed by atoms with Gasteiger partial charge in [-0.1, -0.05) is 29.8 Å². The van der Waals surface area contributed by atoms with Crippen molar-refractivity contribution in [1.82, 2.24) is 36.0 Å². The first-order valence-electron chi connectivity index (χ1n) is 10.8. The fraction of sp³-hybridized carbons (Fsp3) is 0.318. The molecular weight excluding hydrogens is 462 g/mol. The van der Waals surface area contributed by atoms with Crippen LogP contribution in [0, 0.1) is 0 Å². The lowest BCUT2D eigenvalue weighted by Crippen LogP contribution is -2.57. The van der Waals surface area contributed by atoms with Crippen molar-refractivity contribution in [3.8, 4) is 11.4 Å². The van der Waals surface area contributed by atoms with E-state index in [9.17, 15) is 14.7 Å². The molecule has 0 saturated carbocycles. The van der Waals surface area contributed by atoms with E-state index >= 15 is 0 Å². The molecule has 3 N–H and O–H groups in total. The molecule has 1 aromatic heterocycles. The van der Waals surface area contributed by atoms with Crippen LogP contribution in [0.1, 0.15) is 24.0 Å². The average molecular weight is 484 g/mol. The highest BCUT2D eigenvalue weighted by Gasteiger charge is 2.48. The van der Waals surface area contributed by atoms with Gasteiger partial charge in [-0.3, -0.25) is 14.6 Å². The molecule has 0 radical (unpaired) electrons. The topological polar surface area (TPSA) is 134 Å². The highest BCUT2D eigenvalue weighted by atomic mass is 35.5. The number of benzene rings is 2. The van der Waals surface area contributed by atoms with E-state index in [1.807, 2.05) is 0 Å². The normalized spacial score (nSPS) is 21.6. The van der Waals surface area contributed by atoms with Crippen molar-refractivity contribution in [2.24, 2.45) is 0 Å². The molecular formula is C22H22ClN7O4. The number of hydrazine groups is 1. The molecule has 2 aromatic carbocycles. The zero-order valence-electron chi connectivity index (χ0n) is 18.0. The minimum absolute atomic E-state index is 0.0905. The number of para-hydroxylation sites is 1. The quantitative estimate of drug-likeness (QED) is 0.483. The Balaban J connectivity index is 1.33. The molecule has 2 aliphatic heterocycles. The third-order valence-electron chi connectivity index (χ3n) is 6.03. The van der Waals surface area contributed by atoms with Crippen LogP contribution >= 0.6 is 11.6 Å². The third-order valence-corrected chi connectivity index (χ3v) is 6.27. The lowest BCUT2D eigenvalue weighted by molar-refractivity contribution is -0.162. The highest BCUT2D eigenvalue weighted by Crippen LogP contribution is 2.38. The summed E-state index contributed by atoms with van der Waals surface area (Å²) in [5.74, 6) is -0.483. The fourth-order valence-corrected chi connectivity index (χ4v) is 4.51. The second-order valence-corrected chi connectivity index (χ2v) is 8.52. The van der Waals surface area contributed by atoms with Gasteiger partial charge in [-0.25, -0.2) is 10.1 Å². The Kier molecular flexibility index (Phi) is 5.90. The number of aromatic nitrogens is 4. The molecule has 3 heterocycles. The summed E-state index contributed by atoms with van der Waals surface area (Å²) in [5, 5.41) is 27.1. The van der Waals surface area contributed by atoms with E-state index in [1.54, 1.807) is 42.5 Å². The van der Waals surface area contributed by atoms with Crippen LogP contribution in [0.2, 0.25) is 5.02 Å². The molecule has 1 fully saturated rings. The number of rotatable bonds is 5. The van der Waals surface area contributed by atoms with Gasteiger partial charge in [0.05, 0.1) is 12.3 Å². The zero-order chi connectivity index (χ0) is 23.7. The number of nitrogens with one attached hydrogen (secondary N) is 2. The Morgan fingerprint density at radius 3 is 2.97 bits per heavy atom. The van der Waals surface area contributed by atoms with E-state index in [4.69, 9.17) is 16.3 Å². The minimum Gasteiger partial charge on any atom is -0.493 e. The van der Waals surface area contributed by atoms with Crippen molar-refractivity contribution in [2.75, 3.05) is 13.2 Å². The van der Waals surface area contributed by atoms with Gasteiger partial charge in [0.2, 0.25) is 5.91 Å². The lowest BCUT2D eigenvalue weighted by atomic mass is 9.86. The molecule has 2 atom stereocenters. The van der Waals surface area contributed by atoms with Crippen LogP contribution in [0.25, 0.3) is 5.69 Å². The van der Waals surface area contributed by atoms with Crippen molar-refractivity contribution in [2.45, 2.75) is 31.0 Å². The van der Waals surface area contributed by atoms with Crippen molar-refractivity contribution in [3.05, 3.63) is 64.9 Å². The van der Waals surface area contributed by atoms with Crippen LogP contribution < -0.4 is 15.5 Å². The monoisotopic (exact) mass is 483 g/mol. The van der Waals surface area contributed by atoms with Crippen molar-refractivity contribution in [1.29, 1.82) is 0 Å². The molecule has 12 heteroatoms. The predicted octanol–water partition coefficient (Wildman–Crippen LogP) is 0.708. The number of carbonyl (C=O) groups is 2. The summed E-state index contributed by atoms with van der Waals surface area (Å²) in [6.07, 6.45) is 1.94. The number of aliphatic hydroxyl groups is 1. The van der Waals surface area contributed by atoms with Crippen molar-refractivity contribution >= 4 is 23.4 Å². The Labute approximate surface area is 199 Å². The molecule has 3 aromatic rings. The van der Waals surface area contributed by atoms with E-state index < -0.39 is 17.6 Å². The van der Waals surface area contributed by atoms with Gasteiger partial charge < -0.3 is 15.2 Å². The molecule has 0 spiro atoms. The molecule has 0 aliphatic carbocycles. The molecule has 11 nitrogen and oxygen atoms in total. The van der Waals surface area contributed by atoms with E-state index in [-0.39, 0.29) is 25.5 Å². The molecule has 176 valence electrons. The molecule has 2 aliphatic rings. The second kappa shape index (κ2) is 9.01. The number of hydrogen-bond acceptors (Lipinski definition) is 8. The lowest BCUT2D eigenvalue weighted by Gasteiger charge is -2.37. The maximum Gasteiger partial charge on any atom is 0.274 e. The summed E-state index contributed by atoms with van der Waals surface area (Å²) >= 11 is 6.15. The number of hydrogen-bond donors (Lipinski definition) is 3. The van der Waals surface area contributed by atoms with Gasteiger partial charge in [-0.2, -0.15) is 0 Å². The SMILES string of the molecule is O=C(NCc1cc(Cl)ccc1-n1cnnn1)[C@@H]1CCNN1C(=O)C1(O)CCOc2ccccc21. The zero-order valence-corrected chi connectivity index (χ0v) is 18.8. The van der Waals surface area contributed by atoms with Gasteiger partial charge in [0.25, 0.3) is 5.91 Å². The van der Waals surface area contributed by atoms with Gasteiger partial charge >= 0.3 is 0 Å². The average Bonchev–Trinajstić information content (AvgIpc) is 3.55. The van der Waals surface area contributed by atoms with Gasteiger partial charge in [-0.15, -0.1) is 5.10 Å². The van der Waals surface area contributed by atoms with Crippen LogP contribution in [0.5, 0.6) is 5.75 Å². The van der Waals surface area contributed by atoms with Crippen LogP contribution in [0.15, 0.2) is 48.8 Å². The van der Waals surface area contributed by atoms with Crippen molar-refractivity contribution < 1.29 is 19.4 Å². The van der Waals surface area contributed by atoms with Crippen LogP contribution in [0.4, 0.5) is 0 Å². The number of nitrogens with zero attached hydrogens (tertiary/aromatic N) is 5.